The van der Waals surface area contributed by atoms with E-state index in [1.165, 1.54) is 4.90 Å². The van der Waals surface area contributed by atoms with Gasteiger partial charge in [-0.05, 0) is 18.9 Å². The zero-order valence-corrected chi connectivity index (χ0v) is 10.4. The van der Waals surface area contributed by atoms with E-state index in [4.69, 9.17) is 11.6 Å². The van der Waals surface area contributed by atoms with E-state index < -0.39 is 23.8 Å². The summed E-state index contributed by atoms with van der Waals surface area (Å²) < 4.78 is 37.5. The van der Waals surface area contributed by atoms with E-state index in [0.29, 0.717) is 19.4 Å². The fourth-order valence-corrected chi connectivity index (χ4v) is 2.41. The van der Waals surface area contributed by atoms with Crippen molar-refractivity contribution < 1.29 is 28.1 Å². The van der Waals surface area contributed by atoms with E-state index >= 15 is 0 Å². The van der Waals surface area contributed by atoms with E-state index in [2.05, 4.69) is 4.98 Å². The number of nitrogens with one attached hydrogen (secondary N) is 1. The number of nitrogens with zero attached hydrogens (tertiary/aromatic N) is 1. The van der Waals surface area contributed by atoms with Gasteiger partial charge < -0.3 is 9.90 Å². The van der Waals surface area contributed by atoms with Gasteiger partial charge in [-0.3, -0.25) is 4.90 Å². The summed E-state index contributed by atoms with van der Waals surface area (Å²) in [5, 5.41) is 10.8. The number of aliphatic carboxylic acids is 1. The molecule has 4 nitrogen and oxygen atoms in total. The minimum atomic E-state index is -4.50. The summed E-state index contributed by atoms with van der Waals surface area (Å²) in [6, 6.07) is -0.0941. The largest absolute Gasteiger partial charge is 0.546 e. The number of hydrogen-bond donors (Lipinski definition) is 0. The number of aromatic nitrogens is 1. The van der Waals surface area contributed by atoms with Gasteiger partial charge in [-0.15, -0.1) is 0 Å². The molecule has 2 rings (SSSR count). The summed E-state index contributed by atoms with van der Waals surface area (Å²) in [6.45, 7) is 0.403. The smallest absolute Gasteiger partial charge is 0.419 e. The Kier molecular flexibility index (Phi) is 3.58. The topological polar surface area (TPSA) is 57.5 Å². The molecular formula is C11H10ClF3N2O2. The summed E-state index contributed by atoms with van der Waals surface area (Å²) in [7, 11) is 0. The van der Waals surface area contributed by atoms with Crippen LogP contribution in [-0.4, -0.2) is 18.6 Å². The quantitative estimate of drug-likeness (QED) is 0.814. The summed E-state index contributed by atoms with van der Waals surface area (Å²) in [5.74, 6) is -1.09. The summed E-state index contributed by atoms with van der Waals surface area (Å²) in [5.41, 5.74) is -0.912. The molecule has 2 heterocycles. The van der Waals surface area contributed by atoms with E-state index in [1.807, 2.05) is 0 Å². The van der Waals surface area contributed by atoms with Crippen LogP contribution in [0.15, 0.2) is 12.3 Å². The Morgan fingerprint density at radius 2 is 2.21 bits per heavy atom. The molecule has 1 aromatic heterocycles. The molecule has 0 spiro atoms. The fourth-order valence-electron chi connectivity index (χ4n) is 2.12. The molecule has 1 aromatic rings. The second-order valence-corrected chi connectivity index (χ2v) is 4.66. The van der Waals surface area contributed by atoms with Crippen LogP contribution >= 0.6 is 11.6 Å². The van der Waals surface area contributed by atoms with Crippen LogP contribution in [0.1, 0.15) is 18.4 Å². The Bertz CT molecular complexity index is 507. The first-order valence-corrected chi connectivity index (χ1v) is 5.94. The van der Waals surface area contributed by atoms with Crippen molar-refractivity contribution in [2.24, 2.45) is 0 Å². The van der Waals surface area contributed by atoms with Crippen LogP contribution in [0, 0.1) is 0 Å². The number of alkyl halides is 3. The Morgan fingerprint density at radius 3 is 2.74 bits per heavy atom. The van der Waals surface area contributed by atoms with E-state index in [1.54, 1.807) is 0 Å². The van der Waals surface area contributed by atoms with Crippen LogP contribution in [0.25, 0.3) is 0 Å². The first kappa shape index (κ1) is 13.9. The Balaban J connectivity index is 2.34. The van der Waals surface area contributed by atoms with Gasteiger partial charge in [0.25, 0.3) is 5.82 Å². The molecule has 8 heteroatoms. The van der Waals surface area contributed by atoms with Crippen LogP contribution in [0.4, 0.5) is 19.0 Å². The van der Waals surface area contributed by atoms with Crippen LogP contribution < -0.4 is 15.0 Å². The molecule has 0 unspecified atom stereocenters. The minimum Gasteiger partial charge on any atom is -0.546 e. The Hall–Kier alpha value is -1.50. The monoisotopic (exact) mass is 294 g/mol. The summed E-state index contributed by atoms with van der Waals surface area (Å²) in [4.78, 5) is 14.8. The third-order valence-corrected chi connectivity index (χ3v) is 3.30. The van der Waals surface area contributed by atoms with Crippen molar-refractivity contribution in [2.45, 2.75) is 25.1 Å². The molecule has 0 aliphatic carbocycles. The standard InChI is InChI=1S/C11H10ClF3N2O2/c12-7-4-6(11(13,14)15)5-16-9(7)17-3-1-2-8(17)10(18)19/h4-5,8H,1-3H2,(H,18,19)/t8-/m0/s1. The molecule has 1 saturated heterocycles. The molecule has 19 heavy (non-hydrogen) atoms. The lowest BCUT2D eigenvalue weighted by atomic mass is 10.2. The van der Waals surface area contributed by atoms with Crippen LogP contribution in [0.2, 0.25) is 5.02 Å². The van der Waals surface area contributed by atoms with Crippen molar-refractivity contribution in [2.75, 3.05) is 11.4 Å². The molecule has 0 aromatic carbocycles. The fraction of sp³-hybridized carbons (Fsp3) is 0.455. The number of carboxylic acids is 1. The van der Waals surface area contributed by atoms with Crippen molar-refractivity contribution in [3.05, 3.63) is 22.8 Å². The molecule has 1 fully saturated rings. The van der Waals surface area contributed by atoms with E-state index in [-0.39, 0.29) is 10.8 Å². The molecule has 0 amide bonds. The number of anilines is 1. The normalized spacial score (nSPS) is 19.8. The lowest BCUT2D eigenvalue weighted by molar-refractivity contribution is -0.368. The van der Waals surface area contributed by atoms with Gasteiger partial charge in [-0.2, -0.15) is 13.2 Å². The number of aromatic amines is 1. The molecule has 1 aliphatic heterocycles. The third kappa shape index (κ3) is 2.75. The van der Waals surface area contributed by atoms with Crippen molar-refractivity contribution >= 4 is 23.4 Å². The zero-order valence-electron chi connectivity index (χ0n) is 9.63. The van der Waals surface area contributed by atoms with Crippen molar-refractivity contribution in [3.63, 3.8) is 0 Å². The molecule has 1 atom stereocenters. The van der Waals surface area contributed by atoms with Crippen LogP contribution in [0.3, 0.4) is 0 Å². The predicted molar refractivity (Wildman–Crippen MR) is 58.4 cm³/mol. The van der Waals surface area contributed by atoms with Crippen molar-refractivity contribution in [1.82, 2.24) is 0 Å². The molecule has 0 saturated carbocycles. The van der Waals surface area contributed by atoms with E-state index in [0.717, 1.165) is 12.3 Å². The summed E-state index contributed by atoms with van der Waals surface area (Å²) >= 11 is 5.80. The van der Waals surface area contributed by atoms with Gasteiger partial charge >= 0.3 is 6.18 Å². The number of pyridine rings is 1. The predicted octanol–water partition coefficient (Wildman–Crippen LogP) is 0.892. The average Bonchev–Trinajstić information content (AvgIpc) is 2.76. The number of hydrogen-bond acceptors (Lipinski definition) is 3. The second-order valence-electron chi connectivity index (χ2n) is 4.25. The molecule has 1 aliphatic rings. The number of carbonyl (C=O) groups excluding carboxylic acids is 1. The van der Waals surface area contributed by atoms with Gasteiger partial charge in [0.2, 0.25) is 0 Å². The number of H-pyrrole nitrogens is 1. The third-order valence-electron chi connectivity index (χ3n) is 3.01. The maximum absolute atomic E-state index is 12.5. The molecule has 104 valence electrons. The van der Waals surface area contributed by atoms with Gasteiger partial charge in [0.15, 0.2) is 0 Å². The highest BCUT2D eigenvalue weighted by atomic mass is 35.5. The Morgan fingerprint density at radius 1 is 1.53 bits per heavy atom. The van der Waals surface area contributed by atoms with Crippen LogP contribution in [0.5, 0.6) is 0 Å². The molecule has 1 N–H and O–H groups in total. The number of halogens is 4. The highest BCUT2D eigenvalue weighted by Gasteiger charge is 2.37. The SMILES string of the molecule is O=C([O-])[C@@H]1CCCN1c1[nH+]cc(C(F)(F)F)cc1Cl. The number of carbonyl (C=O) groups is 1. The highest BCUT2D eigenvalue weighted by molar-refractivity contribution is 6.32. The lowest BCUT2D eigenvalue weighted by Gasteiger charge is -2.20. The highest BCUT2D eigenvalue weighted by Crippen LogP contribution is 2.33. The van der Waals surface area contributed by atoms with Crippen molar-refractivity contribution in [3.8, 4) is 0 Å². The van der Waals surface area contributed by atoms with Crippen LogP contribution in [-0.2, 0) is 11.0 Å². The van der Waals surface area contributed by atoms with Gasteiger partial charge in [0.05, 0.1) is 18.1 Å². The average molecular weight is 295 g/mol. The van der Waals surface area contributed by atoms with E-state index in [9.17, 15) is 23.1 Å². The van der Waals surface area contributed by atoms with Gasteiger partial charge in [-0.25, -0.2) is 4.98 Å². The second kappa shape index (κ2) is 4.88. The molecule has 0 bridgehead atoms. The van der Waals surface area contributed by atoms with Gasteiger partial charge in [0, 0.05) is 0 Å². The molecular weight excluding hydrogens is 285 g/mol. The van der Waals surface area contributed by atoms with Crippen molar-refractivity contribution in [1.29, 1.82) is 0 Å². The zero-order chi connectivity index (χ0) is 14.2. The molecule has 0 radical (unpaired) electrons. The maximum atomic E-state index is 12.5. The minimum absolute atomic E-state index is 0.164. The number of rotatable bonds is 2. The summed E-state index contributed by atoms with van der Waals surface area (Å²) in [6.07, 6.45) is -2.74. The number of carboxylic acid groups (broad SMARTS) is 1. The maximum Gasteiger partial charge on any atom is 0.419 e. The Labute approximate surface area is 111 Å². The van der Waals surface area contributed by atoms with Gasteiger partial charge in [0.1, 0.15) is 17.3 Å². The first-order valence-electron chi connectivity index (χ1n) is 5.56. The van der Waals surface area contributed by atoms with Gasteiger partial charge in [-0.1, -0.05) is 11.6 Å². The first-order chi connectivity index (χ1) is 8.80. The lowest BCUT2D eigenvalue weighted by Crippen LogP contribution is -2.46.